The van der Waals surface area contributed by atoms with Gasteiger partial charge in [-0.05, 0) is 46.9 Å². The summed E-state index contributed by atoms with van der Waals surface area (Å²) in [6, 6.07) is 25.2. The first kappa shape index (κ1) is 30.7. The Kier molecular flexibility index (Phi) is 11.9. The first-order valence-electron chi connectivity index (χ1n) is 15.1. The highest BCUT2D eigenvalue weighted by atomic mass is 16.5. The summed E-state index contributed by atoms with van der Waals surface area (Å²) in [5.74, 6) is -1.32. The van der Waals surface area contributed by atoms with Crippen LogP contribution in [0.1, 0.15) is 81.7 Å². The molecule has 0 atom stereocenters. The minimum Gasteiger partial charge on any atom is -0.474 e. The number of aromatic nitrogens is 2. The fraction of sp³-hybridized carbons (Fsp3) is 0.371. The van der Waals surface area contributed by atoms with Gasteiger partial charge in [0.25, 0.3) is 5.89 Å². The second kappa shape index (κ2) is 16.2. The summed E-state index contributed by atoms with van der Waals surface area (Å²) in [7, 11) is 0. The maximum Gasteiger partial charge on any atom is 0.394 e. The van der Waals surface area contributed by atoms with Crippen molar-refractivity contribution < 1.29 is 19.2 Å². The minimum absolute atomic E-state index is 0.133. The predicted octanol–water partition coefficient (Wildman–Crippen LogP) is 8.09. The number of carbonyl (C=O) groups is 2. The Morgan fingerprint density at radius 2 is 1.29 bits per heavy atom. The molecule has 0 spiro atoms. The fourth-order valence-corrected chi connectivity index (χ4v) is 5.12. The molecule has 0 saturated carbocycles. The molecule has 0 saturated heterocycles. The van der Waals surface area contributed by atoms with Gasteiger partial charge in [-0.15, -0.1) is 0 Å². The van der Waals surface area contributed by atoms with Crippen LogP contribution in [0.3, 0.4) is 0 Å². The van der Waals surface area contributed by atoms with Crippen molar-refractivity contribution in [2.24, 2.45) is 0 Å². The van der Waals surface area contributed by atoms with Crippen molar-refractivity contribution in [3.05, 3.63) is 95.8 Å². The van der Waals surface area contributed by atoms with Gasteiger partial charge >= 0.3 is 11.9 Å². The summed E-state index contributed by atoms with van der Waals surface area (Å²) in [5.41, 5.74) is 4.43. The van der Waals surface area contributed by atoms with Gasteiger partial charge in [-0.2, -0.15) is 4.98 Å². The van der Waals surface area contributed by atoms with Crippen LogP contribution in [-0.2, 0) is 29.1 Å². The molecule has 0 radical (unpaired) electrons. The molecule has 3 aromatic carbocycles. The van der Waals surface area contributed by atoms with Gasteiger partial charge in [0.05, 0.1) is 0 Å². The molecule has 1 aromatic heterocycles. The van der Waals surface area contributed by atoms with Crippen LogP contribution in [0.25, 0.3) is 22.6 Å². The average molecular weight is 568 g/mol. The van der Waals surface area contributed by atoms with Gasteiger partial charge in [0, 0.05) is 25.1 Å². The Morgan fingerprint density at radius 3 is 1.93 bits per heavy atom. The maximum atomic E-state index is 12.7. The third kappa shape index (κ3) is 9.40. The Bertz CT molecular complexity index is 1420. The van der Waals surface area contributed by atoms with E-state index in [1.807, 2.05) is 78.9 Å². The number of unbranched alkanes of at least 4 members (excludes halogenated alkanes) is 8. The van der Waals surface area contributed by atoms with Crippen molar-refractivity contribution >= 4 is 11.9 Å². The van der Waals surface area contributed by atoms with Crippen LogP contribution in [0.2, 0.25) is 0 Å². The highest BCUT2D eigenvalue weighted by molar-refractivity contribution is 6.31. The molecule has 1 amide bonds. The first-order chi connectivity index (χ1) is 20.5. The summed E-state index contributed by atoms with van der Waals surface area (Å²) >= 11 is 0. The fourth-order valence-electron chi connectivity index (χ4n) is 5.12. The van der Waals surface area contributed by atoms with Gasteiger partial charge in [0.1, 0.15) is 0 Å². The summed E-state index contributed by atoms with van der Waals surface area (Å²) in [6.45, 7) is 2.54. The Morgan fingerprint density at radius 1 is 0.714 bits per heavy atom. The van der Waals surface area contributed by atoms with Crippen LogP contribution >= 0.6 is 0 Å². The monoisotopic (exact) mass is 567 g/mol. The van der Waals surface area contributed by atoms with E-state index >= 15 is 0 Å². The Labute approximate surface area is 248 Å². The van der Waals surface area contributed by atoms with E-state index in [1.165, 1.54) is 49.8 Å². The van der Waals surface area contributed by atoms with Crippen LogP contribution in [0, 0.1) is 0 Å². The van der Waals surface area contributed by atoms with Crippen molar-refractivity contribution in [2.45, 2.75) is 84.2 Å². The second-order valence-electron chi connectivity index (χ2n) is 10.8. The number of carboxylic acid groups (broad SMARTS) is 1. The molecule has 4 aromatic rings. The molecule has 0 fully saturated rings. The molecule has 4 rings (SSSR count). The lowest BCUT2D eigenvalue weighted by molar-refractivity contribution is -0.156. The van der Waals surface area contributed by atoms with E-state index in [-0.39, 0.29) is 13.1 Å². The molecule has 1 N–H and O–H groups in total. The van der Waals surface area contributed by atoms with Gasteiger partial charge in [0.2, 0.25) is 0 Å². The lowest BCUT2D eigenvalue weighted by Crippen LogP contribution is -2.35. The number of benzene rings is 3. The molecule has 7 nitrogen and oxygen atoms in total. The SMILES string of the molecule is CCCCCCCCCCCc1noc(-c2cccc(CN(Cc3cccc(-c4ccccc4)c3)C(=O)C(=O)O)c2)n1. The highest BCUT2D eigenvalue weighted by Crippen LogP contribution is 2.23. The van der Waals surface area contributed by atoms with E-state index in [0.717, 1.165) is 47.1 Å². The number of carboxylic acids is 1. The average Bonchev–Trinajstić information content (AvgIpc) is 3.49. The van der Waals surface area contributed by atoms with Gasteiger partial charge in [-0.3, -0.25) is 4.79 Å². The summed E-state index contributed by atoms with van der Waals surface area (Å²) in [5, 5.41) is 13.7. The molecule has 0 bridgehead atoms. The van der Waals surface area contributed by atoms with Gasteiger partial charge in [-0.1, -0.05) is 124 Å². The molecule has 42 heavy (non-hydrogen) atoms. The van der Waals surface area contributed by atoms with Crippen LogP contribution in [0.15, 0.2) is 83.4 Å². The third-order valence-corrected chi connectivity index (χ3v) is 7.40. The summed E-state index contributed by atoms with van der Waals surface area (Å²) in [6.07, 6.45) is 12.1. The number of nitrogens with zero attached hydrogens (tertiary/aromatic N) is 3. The zero-order valence-corrected chi connectivity index (χ0v) is 24.5. The molecular weight excluding hydrogens is 526 g/mol. The van der Waals surface area contributed by atoms with Crippen molar-refractivity contribution in [3.8, 4) is 22.6 Å². The van der Waals surface area contributed by atoms with Gasteiger partial charge < -0.3 is 14.5 Å². The number of hydrogen-bond donors (Lipinski definition) is 1. The minimum atomic E-state index is -1.48. The van der Waals surface area contributed by atoms with Gasteiger partial charge in [0.15, 0.2) is 5.82 Å². The highest BCUT2D eigenvalue weighted by Gasteiger charge is 2.22. The predicted molar refractivity (Wildman–Crippen MR) is 164 cm³/mol. The molecule has 0 aliphatic rings. The quantitative estimate of drug-likeness (QED) is 0.109. The number of rotatable bonds is 16. The van der Waals surface area contributed by atoms with Crippen LogP contribution in [0.5, 0.6) is 0 Å². The second-order valence-corrected chi connectivity index (χ2v) is 10.8. The largest absolute Gasteiger partial charge is 0.474 e. The zero-order valence-electron chi connectivity index (χ0n) is 24.5. The van der Waals surface area contributed by atoms with E-state index < -0.39 is 11.9 Å². The Hall–Kier alpha value is -4.26. The Balaban J connectivity index is 1.36. The third-order valence-electron chi connectivity index (χ3n) is 7.40. The number of aryl methyl sites for hydroxylation is 1. The van der Waals surface area contributed by atoms with Crippen LogP contribution < -0.4 is 0 Å². The maximum absolute atomic E-state index is 12.7. The first-order valence-corrected chi connectivity index (χ1v) is 15.1. The zero-order chi connectivity index (χ0) is 29.6. The van der Waals surface area contributed by atoms with Gasteiger partial charge in [-0.25, -0.2) is 4.79 Å². The van der Waals surface area contributed by atoms with E-state index in [0.29, 0.717) is 11.7 Å². The van der Waals surface area contributed by atoms with E-state index in [9.17, 15) is 14.7 Å². The molecule has 1 heterocycles. The number of aliphatic carboxylic acids is 1. The molecule has 0 aliphatic heterocycles. The normalized spacial score (nSPS) is 11.0. The van der Waals surface area contributed by atoms with Crippen LogP contribution in [-0.4, -0.2) is 32.0 Å². The standard InChI is InChI=1S/C35H41N3O4/c1-2-3-4-5-6-7-8-9-13-22-32-36-33(42-37-32)31-21-15-17-28(24-31)26-38(34(39)35(40)41)25-27-16-14-20-30(23-27)29-18-11-10-12-19-29/h10-12,14-21,23-24H,2-9,13,22,25-26H2,1H3,(H,40,41). The van der Waals surface area contributed by atoms with E-state index in [1.54, 1.807) is 0 Å². The molecule has 220 valence electrons. The van der Waals surface area contributed by atoms with Crippen molar-refractivity contribution in [1.82, 2.24) is 15.0 Å². The van der Waals surface area contributed by atoms with E-state index in [4.69, 9.17) is 4.52 Å². The summed E-state index contributed by atoms with van der Waals surface area (Å²) < 4.78 is 5.54. The van der Waals surface area contributed by atoms with Crippen LogP contribution in [0.4, 0.5) is 0 Å². The number of carbonyl (C=O) groups excluding carboxylic acids is 1. The molecular formula is C35H41N3O4. The molecule has 7 heteroatoms. The molecule has 0 aliphatic carbocycles. The lowest BCUT2D eigenvalue weighted by Gasteiger charge is -2.21. The lowest BCUT2D eigenvalue weighted by atomic mass is 10.0. The smallest absolute Gasteiger partial charge is 0.394 e. The van der Waals surface area contributed by atoms with Crippen molar-refractivity contribution in [3.63, 3.8) is 0 Å². The summed E-state index contributed by atoms with van der Waals surface area (Å²) in [4.78, 5) is 30.3. The van der Waals surface area contributed by atoms with Crippen molar-refractivity contribution in [1.29, 1.82) is 0 Å². The topological polar surface area (TPSA) is 96.5 Å². The number of amides is 1. The van der Waals surface area contributed by atoms with Crippen molar-refractivity contribution in [2.75, 3.05) is 0 Å². The van der Waals surface area contributed by atoms with E-state index in [2.05, 4.69) is 17.1 Å². The molecule has 0 unspecified atom stereocenters. The number of hydrogen-bond acceptors (Lipinski definition) is 5.